The Bertz CT molecular complexity index is 670. The van der Waals surface area contributed by atoms with Crippen LogP contribution < -0.4 is 14.9 Å². The molecule has 0 unspecified atom stereocenters. The summed E-state index contributed by atoms with van der Waals surface area (Å²) in [5, 5.41) is 14.3. The van der Waals surface area contributed by atoms with Crippen molar-refractivity contribution in [3.63, 3.8) is 0 Å². The fraction of sp³-hybridized carbons (Fsp3) is 0.294. The topological polar surface area (TPSA) is 59.3 Å². The van der Waals surface area contributed by atoms with Crippen LogP contribution in [-0.4, -0.2) is 30.5 Å². The van der Waals surface area contributed by atoms with Crippen LogP contribution in [0.2, 0.25) is 0 Å². The number of anilines is 1. The van der Waals surface area contributed by atoms with E-state index < -0.39 is 0 Å². The molecule has 1 fully saturated rings. The Morgan fingerprint density at radius 1 is 1.17 bits per heavy atom. The average Bonchev–Trinajstić information content (AvgIpc) is 2.61. The lowest BCUT2D eigenvalue weighted by molar-refractivity contribution is -0.607. The Morgan fingerprint density at radius 3 is 2.61 bits per heavy atom. The molecule has 120 valence electrons. The second-order valence-corrected chi connectivity index (χ2v) is 6.58. The Morgan fingerprint density at radius 2 is 1.91 bits per heavy atom. The number of carbonyl (C=O) groups is 1. The summed E-state index contributed by atoms with van der Waals surface area (Å²) in [7, 11) is 0. The number of carbonyl (C=O) groups excluding carboxylic acids is 1. The molecule has 3 rings (SSSR count). The van der Waals surface area contributed by atoms with Crippen molar-refractivity contribution in [1.29, 1.82) is 0 Å². The van der Waals surface area contributed by atoms with E-state index in [9.17, 15) is 10.0 Å². The van der Waals surface area contributed by atoms with Crippen LogP contribution in [0.3, 0.4) is 0 Å². The summed E-state index contributed by atoms with van der Waals surface area (Å²) in [6.45, 7) is 2.57. The third kappa shape index (κ3) is 3.96. The molecule has 0 radical (unpaired) electrons. The highest BCUT2D eigenvalue weighted by molar-refractivity contribution is 7.99. The highest BCUT2D eigenvalue weighted by atomic mass is 32.2. The Labute approximate surface area is 139 Å². The van der Waals surface area contributed by atoms with Crippen LogP contribution in [0.25, 0.3) is 0 Å². The molecular formula is C17H19N3O2S. The predicted octanol–water partition coefficient (Wildman–Crippen LogP) is 1.80. The first-order chi connectivity index (χ1) is 11.2. The lowest BCUT2D eigenvalue weighted by atomic mass is 10.2. The number of rotatable bonds is 4. The summed E-state index contributed by atoms with van der Waals surface area (Å²) in [5.41, 5.74) is 2.35. The maximum atomic E-state index is 12.0. The number of pyridine rings is 1. The largest absolute Gasteiger partial charge is 0.618 e. The van der Waals surface area contributed by atoms with Crippen molar-refractivity contribution < 1.29 is 9.52 Å². The average molecular weight is 329 g/mol. The molecule has 5 nitrogen and oxygen atoms in total. The number of thioether (sulfide) groups is 1. The monoisotopic (exact) mass is 329 g/mol. The van der Waals surface area contributed by atoms with E-state index in [0.717, 1.165) is 18.7 Å². The Kier molecular flexibility index (Phi) is 5.02. The van der Waals surface area contributed by atoms with E-state index in [1.54, 1.807) is 12.1 Å². The molecule has 1 aliphatic heterocycles. The molecule has 1 aromatic carbocycles. The molecule has 23 heavy (non-hydrogen) atoms. The highest BCUT2D eigenvalue weighted by Crippen LogP contribution is 2.19. The van der Waals surface area contributed by atoms with E-state index in [0.29, 0.717) is 11.3 Å². The van der Waals surface area contributed by atoms with Crippen molar-refractivity contribution in [2.45, 2.75) is 6.54 Å². The maximum Gasteiger partial charge on any atom is 0.317 e. The van der Waals surface area contributed by atoms with E-state index in [-0.39, 0.29) is 11.6 Å². The summed E-state index contributed by atoms with van der Waals surface area (Å²) in [6.07, 6.45) is 1.32. The van der Waals surface area contributed by atoms with E-state index in [2.05, 4.69) is 22.3 Å². The Hall–Kier alpha value is -2.21. The van der Waals surface area contributed by atoms with Crippen molar-refractivity contribution in [3.05, 3.63) is 65.1 Å². The van der Waals surface area contributed by atoms with Crippen LogP contribution in [0.15, 0.2) is 48.7 Å². The fourth-order valence-electron chi connectivity index (χ4n) is 2.52. The third-order valence-electron chi connectivity index (χ3n) is 3.82. The molecule has 1 aliphatic rings. The van der Waals surface area contributed by atoms with Gasteiger partial charge >= 0.3 is 5.91 Å². The van der Waals surface area contributed by atoms with Gasteiger partial charge < -0.3 is 15.4 Å². The minimum Gasteiger partial charge on any atom is -0.618 e. The molecule has 0 bridgehead atoms. The van der Waals surface area contributed by atoms with Gasteiger partial charge in [-0.05, 0) is 23.8 Å². The number of amides is 1. The second kappa shape index (κ2) is 7.37. The van der Waals surface area contributed by atoms with Gasteiger partial charge in [-0.1, -0.05) is 12.1 Å². The number of nitrogens with zero attached hydrogens (tertiary/aromatic N) is 2. The summed E-state index contributed by atoms with van der Waals surface area (Å²) in [5.74, 6) is 1.98. The smallest absolute Gasteiger partial charge is 0.317 e. The van der Waals surface area contributed by atoms with Crippen molar-refractivity contribution in [3.8, 4) is 0 Å². The van der Waals surface area contributed by atoms with Gasteiger partial charge in [-0.3, -0.25) is 4.79 Å². The number of aromatic nitrogens is 1. The first kappa shape index (κ1) is 15.7. The zero-order valence-corrected chi connectivity index (χ0v) is 13.6. The molecular weight excluding hydrogens is 310 g/mol. The van der Waals surface area contributed by atoms with E-state index in [4.69, 9.17) is 0 Å². The normalized spacial score (nSPS) is 14.5. The number of benzene rings is 1. The fourth-order valence-corrected chi connectivity index (χ4v) is 3.43. The molecule has 0 spiro atoms. The number of nitrogens with one attached hydrogen (secondary N) is 1. The highest BCUT2D eigenvalue weighted by Gasteiger charge is 2.14. The number of hydrogen-bond donors (Lipinski definition) is 1. The van der Waals surface area contributed by atoms with Gasteiger partial charge in [-0.15, -0.1) is 0 Å². The molecule has 1 saturated heterocycles. The molecule has 2 heterocycles. The van der Waals surface area contributed by atoms with Gasteiger partial charge in [0.2, 0.25) is 0 Å². The molecule has 2 aromatic rings. The van der Waals surface area contributed by atoms with Crippen molar-refractivity contribution >= 4 is 23.4 Å². The SMILES string of the molecule is O=C(NCc1ccc(N2CCSCC2)cc1)c1cccc[n+]1[O-]. The summed E-state index contributed by atoms with van der Waals surface area (Å²) in [6, 6.07) is 13.0. The first-order valence-corrected chi connectivity index (χ1v) is 8.77. The molecule has 0 aliphatic carbocycles. The minimum absolute atomic E-state index is 0.106. The van der Waals surface area contributed by atoms with Crippen molar-refractivity contribution in [2.75, 3.05) is 29.5 Å². The van der Waals surface area contributed by atoms with Gasteiger partial charge in [-0.2, -0.15) is 16.5 Å². The predicted molar refractivity (Wildman–Crippen MR) is 92.6 cm³/mol. The zero-order valence-electron chi connectivity index (χ0n) is 12.8. The molecule has 6 heteroatoms. The molecule has 1 aromatic heterocycles. The summed E-state index contributed by atoms with van der Waals surface area (Å²) >= 11 is 1.99. The summed E-state index contributed by atoms with van der Waals surface area (Å²) in [4.78, 5) is 14.4. The van der Waals surface area contributed by atoms with Gasteiger partial charge in [0.1, 0.15) is 0 Å². The second-order valence-electron chi connectivity index (χ2n) is 5.36. The first-order valence-electron chi connectivity index (χ1n) is 7.62. The Balaban J connectivity index is 1.58. The van der Waals surface area contributed by atoms with E-state index in [1.807, 2.05) is 23.9 Å². The lowest BCUT2D eigenvalue weighted by Gasteiger charge is -2.28. The van der Waals surface area contributed by atoms with Gasteiger partial charge in [-0.25, -0.2) is 0 Å². The van der Waals surface area contributed by atoms with Gasteiger partial charge in [0.05, 0.1) is 0 Å². The minimum atomic E-state index is -0.363. The van der Waals surface area contributed by atoms with Crippen LogP contribution in [0, 0.1) is 5.21 Å². The van der Waals surface area contributed by atoms with Crippen molar-refractivity contribution in [1.82, 2.24) is 5.32 Å². The quantitative estimate of drug-likeness (QED) is 0.686. The van der Waals surface area contributed by atoms with Gasteiger partial charge in [0, 0.05) is 49.0 Å². The molecule has 1 N–H and O–H groups in total. The van der Waals surface area contributed by atoms with Gasteiger partial charge in [0.25, 0.3) is 5.69 Å². The standard InChI is InChI=1S/C17H19N3O2S/c21-17(16-3-1-2-8-20(16)22)18-13-14-4-6-15(7-5-14)19-9-11-23-12-10-19/h1-8H,9-13H2,(H,18,21). The molecule has 1 amide bonds. The van der Waals surface area contributed by atoms with Crippen LogP contribution in [0.1, 0.15) is 16.1 Å². The number of hydrogen-bond acceptors (Lipinski definition) is 4. The van der Waals surface area contributed by atoms with E-state index in [1.165, 1.54) is 29.5 Å². The van der Waals surface area contributed by atoms with Crippen molar-refractivity contribution in [2.24, 2.45) is 0 Å². The maximum absolute atomic E-state index is 12.0. The van der Waals surface area contributed by atoms with Crippen LogP contribution in [0.5, 0.6) is 0 Å². The van der Waals surface area contributed by atoms with Gasteiger partial charge in [0.15, 0.2) is 6.20 Å². The molecule has 0 saturated carbocycles. The van der Waals surface area contributed by atoms with Crippen LogP contribution in [-0.2, 0) is 6.54 Å². The van der Waals surface area contributed by atoms with Crippen LogP contribution >= 0.6 is 11.8 Å². The van der Waals surface area contributed by atoms with Crippen LogP contribution in [0.4, 0.5) is 5.69 Å². The molecule has 0 atom stereocenters. The zero-order chi connectivity index (χ0) is 16.1. The lowest BCUT2D eigenvalue weighted by Crippen LogP contribution is -2.38. The third-order valence-corrected chi connectivity index (χ3v) is 4.76. The summed E-state index contributed by atoms with van der Waals surface area (Å²) < 4.78 is 0.576. The van der Waals surface area contributed by atoms with E-state index >= 15 is 0 Å².